The largest absolute Gasteiger partial charge is 0.465 e. The predicted molar refractivity (Wildman–Crippen MR) is 120 cm³/mol. The number of sulfonamides is 1. The van der Waals surface area contributed by atoms with Gasteiger partial charge in [0.1, 0.15) is 0 Å². The third-order valence-corrected chi connectivity index (χ3v) is 7.49. The van der Waals surface area contributed by atoms with E-state index in [1.807, 2.05) is 24.3 Å². The Morgan fingerprint density at radius 3 is 2.16 bits per heavy atom. The zero-order valence-corrected chi connectivity index (χ0v) is 18.7. The van der Waals surface area contributed by atoms with Crippen molar-refractivity contribution in [3.05, 3.63) is 65.2 Å². The summed E-state index contributed by atoms with van der Waals surface area (Å²) < 4.78 is 32.0. The summed E-state index contributed by atoms with van der Waals surface area (Å²) in [7, 11) is -2.02. The lowest BCUT2D eigenvalue weighted by Crippen LogP contribution is -2.40. The Balaban J connectivity index is 1.66. The molecular weight excluding hydrogens is 416 g/mol. The summed E-state index contributed by atoms with van der Waals surface area (Å²) in [6, 6.07) is 13.6. The lowest BCUT2D eigenvalue weighted by atomic mass is 9.94. The summed E-state index contributed by atoms with van der Waals surface area (Å²) in [6.07, 6.45) is 2.70. The molecule has 1 fully saturated rings. The van der Waals surface area contributed by atoms with Gasteiger partial charge in [0.05, 0.1) is 17.9 Å². The third kappa shape index (κ3) is 5.51. The number of nitrogens with one attached hydrogen (secondary N) is 2. The second-order valence-corrected chi connectivity index (χ2v) is 10.3. The van der Waals surface area contributed by atoms with Crippen LogP contribution in [-0.4, -0.2) is 38.7 Å². The molecular formula is C23H28N2O5S. The van der Waals surface area contributed by atoms with Gasteiger partial charge in [0, 0.05) is 23.2 Å². The fourth-order valence-electron chi connectivity index (χ4n) is 3.74. The first-order valence-corrected chi connectivity index (χ1v) is 11.9. The monoisotopic (exact) mass is 444 g/mol. The van der Waals surface area contributed by atoms with E-state index in [0.29, 0.717) is 16.8 Å². The van der Waals surface area contributed by atoms with Gasteiger partial charge in [-0.3, -0.25) is 4.79 Å². The molecule has 1 amide bonds. The summed E-state index contributed by atoms with van der Waals surface area (Å²) >= 11 is 0. The van der Waals surface area contributed by atoms with Crippen LogP contribution in [0.25, 0.3) is 0 Å². The smallest absolute Gasteiger partial charge is 0.337 e. The Bertz CT molecular complexity index is 1030. The fourth-order valence-corrected chi connectivity index (χ4v) is 4.72. The molecule has 166 valence electrons. The average molecular weight is 445 g/mol. The Morgan fingerprint density at radius 1 is 0.968 bits per heavy atom. The van der Waals surface area contributed by atoms with Gasteiger partial charge in [-0.05, 0) is 68.7 Å². The number of methoxy groups -OCH3 is 1. The molecule has 0 spiro atoms. The van der Waals surface area contributed by atoms with E-state index in [0.717, 1.165) is 24.8 Å². The number of hydrogen-bond donors (Lipinski definition) is 2. The molecule has 31 heavy (non-hydrogen) atoms. The maximum absolute atomic E-state index is 12.5. The highest BCUT2D eigenvalue weighted by Gasteiger charge is 2.32. The highest BCUT2D eigenvalue weighted by molar-refractivity contribution is 7.90. The highest BCUT2D eigenvalue weighted by atomic mass is 32.2. The minimum atomic E-state index is -3.32. The number of anilines is 1. The van der Waals surface area contributed by atoms with Gasteiger partial charge in [0.25, 0.3) is 5.91 Å². The van der Waals surface area contributed by atoms with Crippen molar-refractivity contribution in [3.63, 3.8) is 0 Å². The average Bonchev–Trinajstić information content (AvgIpc) is 3.21. The molecule has 2 aromatic rings. The predicted octanol–water partition coefficient (Wildman–Crippen LogP) is 3.69. The summed E-state index contributed by atoms with van der Waals surface area (Å²) in [5, 5.41) is 2.37. The Morgan fingerprint density at radius 2 is 1.58 bits per heavy atom. The van der Waals surface area contributed by atoms with Gasteiger partial charge in [-0.25, -0.2) is 17.9 Å². The van der Waals surface area contributed by atoms with E-state index in [1.165, 1.54) is 7.11 Å². The Kier molecular flexibility index (Phi) is 7.12. The summed E-state index contributed by atoms with van der Waals surface area (Å²) in [5.74, 6) is -0.625. The van der Waals surface area contributed by atoms with Crippen LogP contribution in [0.5, 0.6) is 0 Å². The molecule has 0 bridgehead atoms. The quantitative estimate of drug-likeness (QED) is 0.634. The van der Waals surface area contributed by atoms with Crippen molar-refractivity contribution >= 4 is 27.6 Å². The van der Waals surface area contributed by atoms with Crippen LogP contribution in [0.4, 0.5) is 5.69 Å². The molecule has 0 aliphatic heterocycles. The number of ether oxygens (including phenoxy) is 1. The first-order chi connectivity index (χ1) is 14.7. The van der Waals surface area contributed by atoms with E-state index < -0.39 is 21.2 Å². The van der Waals surface area contributed by atoms with Crippen molar-refractivity contribution in [1.29, 1.82) is 0 Å². The molecule has 8 heteroatoms. The van der Waals surface area contributed by atoms with Gasteiger partial charge >= 0.3 is 5.97 Å². The summed E-state index contributed by atoms with van der Waals surface area (Å²) in [4.78, 5) is 24.0. The number of carbonyl (C=O) groups is 2. The molecule has 0 saturated heterocycles. The minimum absolute atomic E-state index is 0.110. The van der Waals surface area contributed by atoms with E-state index in [-0.39, 0.29) is 17.9 Å². The Labute approximate surface area is 183 Å². The zero-order valence-electron chi connectivity index (χ0n) is 17.9. The Hall–Kier alpha value is -2.71. The van der Waals surface area contributed by atoms with Crippen molar-refractivity contribution in [1.82, 2.24) is 4.72 Å². The summed E-state index contributed by atoms with van der Waals surface area (Å²) in [5.41, 5.74) is 2.50. The molecule has 2 N–H and O–H groups in total. The highest BCUT2D eigenvalue weighted by Crippen LogP contribution is 2.35. The molecule has 2 unspecified atom stereocenters. The van der Waals surface area contributed by atoms with Crippen LogP contribution in [0.15, 0.2) is 48.5 Å². The lowest BCUT2D eigenvalue weighted by Gasteiger charge is -2.23. The first kappa shape index (κ1) is 23.0. The van der Waals surface area contributed by atoms with Crippen molar-refractivity contribution in [2.75, 3.05) is 12.4 Å². The van der Waals surface area contributed by atoms with Gasteiger partial charge in [-0.1, -0.05) is 18.6 Å². The number of carbonyl (C=O) groups excluding carboxylic acids is 2. The number of hydrogen-bond acceptors (Lipinski definition) is 5. The van der Waals surface area contributed by atoms with Crippen molar-refractivity contribution in [2.24, 2.45) is 0 Å². The van der Waals surface area contributed by atoms with Crippen LogP contribution in [0, 0.1) is 0 Å². The molecule has 0 aromatic heterocycles. The molecule has 3 rings (SSSR count). The fraction of sp³-hybridized carbons (Fsp3) is 0.391. The van der Waals surface area contributed by atoms with Crippen molar-refractivity contribution in [3.8, 4) is 0 Å². The van der Waals surface area contributed by atoms with Crippen molar-refractivity contribution in [2.45, 2.75) is 50.3 Å². The van der Waals surface area contributed by atoms with Crippen LogP contribution in [0.2, 0.25) is 0 Å². The standard InChI is InChI=1S/C23H28N2O5S/c1-15(2)31(28,29)25-21-6-4-5-20(21)16-11-13-19(14-12-16)24-22(26)17-7-9-18(10-8-17)23(27)30-3/h7-15,20-21,25H,4-6H2,1-3H3,(H,24,26). The van der Waals surface area contributed by atoms with E-state index in [9.17, 15) is 18.0 Å². The van der Waals surface area contributed by atoms with Crippen molar-refractivity contribution < 1.29 is 22.7 Å². The molecule has 0 heterocycles. The topological polar surface area (TPSA) is 102 Å². The van der Waals surface area contributed by atoms with Gasteiger partial charge in [0.15, 0.2) is 0 Å². The SMILES string of the molecule is COC(=O)c1ccc(C(=O)Nc2ccc(C3CCCC3NS(=O)(=O)C(C)C)cc2)cc1. The van der Waals surface area contributed by atoms with Gasteiger partial charge < -0.3 is 10.1 Å². The van der Waals surface area contributed by atoms with E-state index in [2.05, 4.69) is 14.8 Å². The van der Waals surface area contributed by atoms with Crippen LogP contribution < -0.4 is 10.0 Å². The van der Waals surface area contributed by atoms with Gasteiger partial charge in [-0.15, -0.1) is 0 Å². The second kappa shape index (κ2) is 9.62. The normalized spacial score (nSPS) is 18.7. The number of esters is 1. The lowest BCUT2D eigenvalue weighted by molar-refractivity contribution is 0.0600. The molecule has 7 nitrogen and oxygen atoms in total. The molecule has 2 atom stereocenters. The van der Waals surface area contributed by atoms with E-state index in [1.54, 1.807) is 38.1 Å². The maximum Gasteiger partial charge on any atom is 0.337 e. The molecule has 0 radical (unpaired) electrons. The van der Waals surface area contributed by atoms with Crippen LogP contribution in [-0.2, 0) is 14.8 Å². The van der Waals surface area contributed by atoms with Crippen LogP contribution in [0.1, 0.15) is 65.3 Å². The number of benzene rings is 2. The minimum Gasteiger partial charge on any atom is -0.465 e. The van der Waals surface area contributed by atoms with Gasteiger partial charge in [0.2, 0.25) is 10.0 Å². The summed E-state index contributed by atoms with van der Waals surface area (Å²) in [6.45, 7) is 3.35. The van der Waals surface area contributed by atoms with E-state index in [4.69, 9.17) is 0 Å². The van der Waals surface area contributed by atoms with Gasteiger partial charge in [-0.2, -0.15) is 0 Å². The molecule has 2 aromatic carbocycles. The first-order valence-electron chi connectivity index (χ1n) is 10.3. The van der Waals surface area contributed by atoms with E-state index >= 15 is 0 Å². The third-order valence-electron chi connectivity index (χ3n) is 5.62. The zero-order chi connectivity index (χ0) is 22.6. The van der Waals surface area contributed by atoms with Crippen LogP contribution in [0.3, 0.4) is 0 Å². The maximum atomic E-state index is 12.5. The van der Waals surface area contributed by atoms with Crippen LogP contribution >= 0.6 is 0 Å². The number of rotatable bonds is 7. The molecule has 1 aliphatic carbocycles. The number of amides is 1. The molecule has 1 aliphatic rings. The second-order valence-electron chi connectivity index (χ2n) is 8.00. The molecule has 1 saturated carbocycles.